The lowest BCUT2D eigenvalue weighted by molar-refractivity contribution is -0.138. The molecule has 1 aliphatic heterocycles. The average molecular weight is 381 g/mol. The van der Waals surface area contributed by atoms with E-state index in [1.54, 1.807) is 6.07 Å². The van der Waals surface area contributed by atoms with Crippen molar-refractivity contribution >= 4 is 35.0 Å². The van der Waals surface area contributed by atoms with E-state index in [4.69, 9.17) is 9.84 Å². The van der Waals surface area contributed by atoms with Gasteiger partial charge >= 0.3 is 5.97 Å². The minimum atomic E-state index is -1.06. The van der Waals surface area contributed by atoms with Crippen LogP contribution in [0.3, 0.4) is 0 Å². The molecule has 1 atom stereocenters. The molecule has 1 aliphatic rings. The summed E-state index contributed by atoms with van der Waals surface area (Å²) < 4.78 is 19.2. The van der Waals surface area contributed by atoms with Gasteiger partial charge in [0.1, 0.15) is 16.8 Å². The molecule has 0 radical (unpaired) electrons. The van der Waals surface area contributed by atoms with Gasteiger partial charge in [-0.05, 0) is 24.5 Å². The molecule has 0 aliphatic carbocycles. The highest BCUT2D eigenvalue weighted by Crippen LogP contribution is 2.22. The number of aliphatic carboxylic acids is 1. The second-order valence-corrected chi connectivity index (χ2v) is 7.29. The molecule has 0 spiro atoms. The zero-order valence-electron chi connectivity index (χ0n) is 14.4. The zero-order valence-corrected chi connectivity index (χ0v) is 15.3. The Morgan fingerprint density at radius 3 is 2.92 bits per heavy atom. The highest BCUT2D eigenvalue weighted by atomic mass is 32.2. The number of carboxylic acids is 1. The molecule has 7 nitrogen and oxygen atoms in total. The van der Waals surface area contributed by atoms with Crippen LogP contribution in [0.15, 0.2) is 28.4 Å². The molecule has 0 saturated carbocycles. The minimum Gasteiger partial charge on any atom is -0.493 e. The smallest absolute Gasteiger partial charge is 0.305 e. The maximum Gasteiger partial charge on any atom is 0.305 e. The quantitative estimate of drug-likeness (QED) is 0.533. The molecule has 26 heavy (non-hydrogen) atoms. The van der Waals surface area contributed by atoms with E-state index in [0.29, 0.717) is 23.8 Å². The summed E-state index contributed by atoms with van der Waals surface area (Å²) in [5.41, 5.74) is 0.463. The molecule has 2 N–H and O–H groups in total. The van der Waals surface area contributed by atoms with Crippen LogP contribution in [0, 0.1) is 11.7 Å². The number of hydrogen-bond acceptors (Lipinski definition) is 6. The van der Waals surface area contributed by atoms with Crippen LogP contribution in [0.25, 0.3) is 0 Å². The van der Waals surface area contributed by atoms with Crippen LogP contribution in [-0.2, 0) is 9.59 Å². The second-order valence-electron chi connectivity index (χ2n) is 6.09. The summed E-state index contributed by atoms with van der Waals surface area (Å²) in [6.07, 6.45) is 1.91. The normalized spacial score (nSPS) is 18.7. The topological polar surface area (TPSA) is 100 Å². The zero-order chi connectivity index (χ0) is 19.1. The Bertz CT molecular complexity index is 737. The second kappa shape index (κ2) is 9.33. The first-order valence-corrected chi connectivity index (χ1v) is 8.95. The number of nitrogens with one attached hydrogen (secondary N) is 1. The summed E-state index contributed by atoms with van der Waals surface area (Å²) >= 11 is 0.998. The van der Waals surface area contributed by atoms with Gasteiger partial charge in [0, 0.05) is 11.6 Å². The maximum absolute atomic E-state index is 13.7. The summed E-state index contributed by atoms with van der Waals surface area (Å²) in [6.45, 7) is 4.65. The molecular weight excluding hydrogens is 361 g/mol. The van der Waals surface area contributed by atoms with Crippen molar-refractivity contribution in [1.82, 2.24) is 5.32 Å². The van der Waals surface area contributed by atoms with Crippen molar-refractivity contribution in [3.8, 4) is 5.75 Å². The van der Waals surface area contributed by atoms with Gasteiger partial charge in [-0.15, -0.1) is 5.10 Å². The Hall–Kier alpha value is -2.42. The molecule has 1 fully saturated rings. The Morgan fingerprint density at radius 1 is 1.46 bits per heavy atom. The number of ether oxygens (including phenoxy) is 1. The third-order valence-electron chi connectivity index (χ3n) is 3.35. The highest BCUT2D eigenvalue weighted by molar-refractivity contribution is 8.15. The average Bonchev–Trinajstić information content (AvgIpc) is 2.85. The van der Waals surface area contributed by atoms with Crippen LogP contribution in [0.2, 0.25) is 0 Å². The number of carbonyl (C=O) groups excluding carboxylic acids is 1. The van der Waals surface area contributed by atoms with Crippen LogP contribution in [0.1, 0.15) is 32.3 Å². The van der Waals surface area contributed by atoms with E-state index in [1.165, 1.54) is 18.3 Å². The molecule has 2 rings (SSSR count). The number of carbonyl (C=O) groups is 2. The summed E-state index contributed by atoms with van der Waals surface area (Å²) in [5, 5.41) is 18.3. The Balaban J connectivity index is 1.98. The van der Waals surface area contributed by atoms with Gasteiger partial charge in [-0.1, -0.05) is 25.6 Å². The minimum absolute atomic E-state index is 0.210. The van der Waals surface area contributed by atoms with Crippen molar-refractivity contribution in [2.75, 3.05) is 6.61 Å². The van der Waals surface area contributed by atoms with E-state index in [-0.39, 0.29) is 11.6 Å². The third kappa shape index (κ3) is 6.47. The Kier molecular flexibility index (Phi) is 7.14. The Labute approximate surface area is 154 Å². The number of amides is 1. The predicted octanol–water partition coefficient (Wildman–Crippen LogP) is 2.65. The van der Waals surface area contributed by atoms with Gasteiger partial charge in [0.2, 0.25) is 5.91 Å². The molecule has 1 aromatic rings. The fourth-order valence-corrected chi connectivity index (χ4v) is 2.96. The van der Waals surface area contributed by atoms with Gasteiger partial charge in [-0.25, -0.2) is 4.39 Å². The first-order chi connectivity index (χ1) is 12.3. The van der Waals surface area contributed by atoms with Gasteiger partial charge in [-0.2, -0.15) is 5.10 Å². The molecular formula is C17H20FN3O4S. The van der Waals surface area contributed by atoms with Crippen molar-refractivity contribution in [3.63, 3.8) is 0 Å². The summed E-state index contributed by atoms with van der Waals surface area (Å²) in [6, 6.07) is 4.22. The van der Waals surface area contributed by atoms with Crippen molar-refractivity contribution in [3.05, 3.63) is 29.6 Å². The first kappa shape index (κ1) is 19.9. The predicted molar refractivity (Wildman–Crippen MR) is 98.2 cm³/mol. The number of nitrogens with zero attached hydrogens (tertiary/aromatic N) is 2. The van der Waals surface area contributed by atoms with Crippen LogP contribution in [0.4, 0.5) is 4.39 Å². The van der Waals surface area contributed by atoms with Gasteiger partial charge in [-0.3, -0.25) is 9.59 Å². The summed E-state index contributed by atoms with van der Waals surface area (Å²) in [5.74, 6) is -1.04. The van der Waals surface area contributed by atoms with E-state index in [1.807, 2.05) is 0 Å². The summed E-state index contributed by atoms with van der Waals surface area (Å²) in [4.78, 5) is 22.3. The van der Waals surface area contributed by atoms with Gasteiger partial charge in [0.25, 0.3) is 0 Å². The number of amidine groups is 1. The largest absolute Gasteiger partial charge is 0.493 e. The van der Waals surface area contributed by atoms with E-state index < -0.39 is 22.9 Å². The molecule has 0 bridgehead atoms. The lowest BCUT2D eigenvalue weighted by atomic mass is 10.1. The molecule has 140 valence electrons. The fourth-order valence-electron chi connectivity index (χ4n) is 2.05. The van der Waals surface area contributed by atoms with E-state index in [2.05, 4.69) is 29.4 Å². The van der Waals surface area contributed by atoms with Crippen LogP contribution >= 0.6 is 11.8 Å². The SMILES string of the molecule is CC(C)CCOc1cc(F)cc(C=NN=C2NC(=O)C(CC(=O)O)S2)c1. The van der Waals surface area contributed by atoms with Crippen molar-refractivity contribution in [2.24, 2.45) is 16.1 Å². The summed E-state index contributed by atoms with van der Waals surface area (Å²) in [7, 11) is 0. The van der Waals surface area contributed by atoms with Gasteiger partial charge in [0.05, 0.1) is 19.2 Å². The number of thioether (sulfide) groups is 1. The number of hydrogen-bond donors (Lipinski definition) is 2. The van der Waals surface area contributed by atoms with Gasteiger partial charge in [0.15, 0.2) is 5.17 Å². The van der Waals surface area contributed by atoms with Crippen LogP contribution in [0.5, 0.6) is 5.75 Å². The number of benzene rings is 1. The monoisotopic (exact) mass is 381 g/mol. The number of halogens is 1. The molecule has 1 amide bonds. The van der Waals surface area contributed by atoms with Crippen molar-refractivity contribution in [2.45, 2.75) is 31.9 Å². The molecule has 1 saturated heterocycles. The van der Waals surface area contributed by atoms with E-state index in [9.17, 15) is 14.0 Å². The van der Waals surface area contributed by atoms with E-state index in [0.717, 1.165) is 18.2 Å². The van der Waals surface area contributed by atoms with Gasteiger partial charge < -0.3 is 15.2 Å². The van der Waals surface area contributed by atoms with E-state index >= 15 is 0 Å². The lowest BCUT2D eigenvalue weighted by Crippen LogP contribution is -2.26. The van der Waals surface area contributed by atoms with Crippen molar-refractivity contribution in [1.29, 1.82) is 0 Å². The van der Waals surface area contributed by atoms with Crippen molar-refractivity contribution < 1.29 is 23.8 Å². The first-order valence-electron chi connectivity index (χ1n) is 8.07. The van der Waals surface area contributed by atoms with Crippen LogP contribution < -0.4 is 10.1 Å². The molecule has 1 heterocycles. The molecule has 9 heteroatoms. The molecule has 0 aromatic heterocycles. The number of carboxylic acid groups (broad SMARTS) is 1. The number of rotatable bonds is 8. The highest BCUT2D eigenvalue weighted by Gasteiger charge is 2.32. The molecule has 1 aromatic carbocycles. The maximum atomic E-state index is 13.7. The Morgan fingerprint density at radius 2 is 2.23 bits per heavy atom. The third-order valence-corrected chi connectivity index (χ3v) is 4.42. The standard InChI is InChI=1S/C17H20FN3O4S/c1-10(2)3-4-25-13-6-11(5-12(18)7-13)9-19-21-17-20-16(24)14(26-17)8-15(22)23/h5-7,9-10,14H,3-4,8H2,1-2H3,(H,22,23)(H,20,21,24). The molecule has 1 unspecified atom stereocenters. The van der Waals surface area contributed by atoms with Crippen LogP contribution in [-0.4, -0.2) is 40.2 Å². The lowest BCUT2D eigenvalue weighted by Gasteiger charge is -2.08. The fraction of sp³-hybridized carbons (Fsp3) is 0.412.